The van der Waals surface area contributed by atoms with Crippen LogP contribution in [-0.2, 0) is 28.8 Å². The van der Waals surface area contributed by atoms with E-state index in [1.165, 1.54) is 26.9 Å². The molecule has 2 saturated heterocycles. The fourth-order valence-corrected chi connectivity index (χ4v) is 10.7. The molecule has 4 heterocycles. The molecule has 0 saturated carbocycles. The number of carbonyl (C=O) groups excluding carboxylic acids is 6. The molecule has 2 aliphatic rings. The van der Waals surface area contributed by atoms with Gasteiger partial charge in [0.25, 0.3) is 0 Å². The fraction of sp³-hybridized carbons (Fsp3) is 0.452. The van der Waals surface area contributed by atoms with Crippen molar-refractivity contribution in [3.05, 3.63) is 109 Å². The van der Waals surface area contributed by atoms with Crippen LogP contribution in [-0.4, -0.2) is 143 Å². The van der Waals surface area contributed by atoms with Crippen LogP contribution in [0.5, 0.6) is 11.5 Å². The SMILES string of the molecule is CN[C@@H](C)C(=O)N[C@H](C(=O)N1CCC[C@H]1C(=O)Nc1cc2c(N[C@@H](c3ccccc3)[C@@H](Nc3ncnc4cc(OC)c(NC(=O)[C@@H]5CCCN5C(=O)[C@@H](NC(=O)[C@H](C)NC)C(C)(C)C)cc34)c3ccccc3)ncnc2cc1OC)C(C)(C)C.Cl.Cl. The molecule has 0 unspecified atom stereocenters. The topological polar surface area (TPSA) is 275 Å². The molecule has 24 heteroatoms. The first-order valence-corrected chi connectivity index (χ1v) is 28.5. The Hall–Kier alpha value is -7.92. The molecule has 22 nitrogen and oxygen atoms in total. The van der Waals surface area contributed by atoms with Crippen molar-refractivity contribution < 1.29 is 38.2 Å². The molecule has 86 heavy (non-hydrogen) atoms. The van der Waals surface area contributed by atoms with Gasteiger partial charge in [-0.2, -0.15) is 0 Å². The zero-order chi connectivity index (χ0) is 60.6. The third kappa shape index (κ3) is 15.2. The largest absolute Gasteiger partial charge is 0.494 e. The molecule has 4 aromatic carbocycles. The number of halogens is 2. The number of nitrogens with zero attached hydrogens (tertiary/aromatic N) is 6. The number of methoxy groups -OCH3 is 2. The Balaban J connectivity index is 0.00000591. The summed E-state index contributed by atoms with van der Waals surface area (Å²) in [4.78, 5) is 106. The van der Waals surface area contributed by atoms with E-state index in [0.717, 1.165) is 11.1 Å². The second-order valence-corrected chi connectivity index (χ2v) is 23.6. The summed E-state index contributed by atoms with van der Waals surface area (Å²) in [5, 5.41) is 26.5. The monoisotopic (exact) mass is 1220 g/mol. The number of nitrogens with one attached hydrogen (secondary N) is 8. The van der Waals surface area contributed by atoms with Crippen molar-refractivity contribution in [1.82, 2.24) is 51.0 Å². The van der Waals surface area contributed by atoms with Gasteiger partial charge < -0.3 is 61.8 Å². The minimum Gasteiger partial charge on any atom is -0.494 e. The van der Waals surface area contributed by atoms with E-state index in [2.05, 4.69) is 52.5 Å². The predicted molar refractivity (Wildman–Crippen MR) is 339 cm³/mol. The van der Waals surface area contributed by atoms with Crippen molar-refractivity contribution >= 4 is 105 Å². The van der Waals surface area contributed by atoms with Gasteiger partial charge in [-0.05, 0) is 87.7 Å². The summed E-state index contributed by atoms with van der Waals surface area (Å²) in [6.07, 6.45) is 4.92. The molecule has 8 N–H and O–H groups in total. The van der Waals surface area contributed by atoms with Gasteiger partial charge >= 0.3 is 0 Å². The molecule has 0 aliphatic carbocycles. The molecule has 0 radical (unpaired) electrons. The minimum atomic E-state index is -0.889. The van der Waals surface area contributed by atoms with Gasteiger partial charge in [0, 0.05) is 36.0 Å². The average molecular weight is 1220 g/mol. The van der Waals surface area contributed by atoms with Crippen LogP contribution in [0.1, 0.15) is 104 Å². The Morgan fingerprint density at radius 2 is 0.907 bits per heavy atom. The highest BCUT2D eigenvalue weighted by molar-refractivity contribution is 6.04. The Bertz CT molecular complexity index is 3150. The zero-order valence-electron chi connectivity index (χ0n) is 50.9. The number of likely N-dealkylation sites (tertiary alicyclic amines) is 2. The number of ether oxygens (including phenoxy) is 2. The van der Waals surface area contributed by atoms with Crippen LogP contribution in [0.15, 0.2) is 97.6 Å². The van der Waals surface area contributed by atoms with Gasteiger partial charge in [0.1, 0.15) is 60.0 Å². The fourth-order valence-electron chi connectivity index (χ4n) is 10.7. The highest BCUT2D eigenvalue weighted by atomic mass is 35.5. The lowest BCUT2D eigenvalue weighted by Crippen LogP contribution is -2.59. The standard InChI is InChI=1S/C62H80N14O8.2ClH/c1-35(63-9)55(77)73-51(61(3,4)5)59(81)75-27-19-25-45(75)57(79)69-43-29-39-41(31-47(43)83-11)65-33-67-53(39)71-49(37-21-15-13-16-22-37)50(38-23-17-14-18-24-38)72-54-40-30-44(48(84-12)32-42(40)66-34-68-54)70-58(80)46-26-20-28-76(46)60(82)52(62(6,7)8)74-56(78)36(2)64-10;;/h13-18,21-24,29-36,45-46,49-52,63-64H,19-20,25-28H2,1-12H3,(H,69,79)(H,70,80)(H,73,77)(H,74,78)(H,65,67,71)(H,66,68,72);2*1H/t35-,36-,45-,46-,49-,50-,51+,52+;;/m0../s1. The first kappa shape index (κ1) is 67.2. The highest BCUT2D eigenvalue weighted by Crippen LogP contribution is 2.41. The van der Waals surface area contributed by atoms with Crippen LogP contribution < -0.4 is 52.0 Å². The number of likely N-dealkylation sites (N-methyl/N-ethyl adjacent to an activating group) is 2. The number of anilines is 4. The number of hydrogen-bond donors (Lipinski definition) is 8. The van der Waals surface area contributed by atoms with Gasteiger partial charge in [0.2, 0.25) is 35.4 Å². The minimum absolute atomic E-state index is 0. The Morgan fingerprint density at radius 3 is 1.23 bits per heavy atom. The normalized spacial score (nSPS) is 17.1. The quantitative estimate of drug-likeness (QED) is 0.0345. The number of hydrogen-bond acceptors (Lipinski definition) is 16. The van der Waals surface area contributed by atoms with Crippen LogP contribution in [0.3, 0.4) is 0 Å². The number of aromatic nitrogens is 4. The first-order valence-electron chi connectivity index (χ1n) is 28.5. The molecule has 8 rings (SSSR count). The molecule has 462 valence electrons. The highest BCUT2D eigenvalue weighted by Gasteiger charge is 2.44. The van der Waals surface area contributed by atoms with Gasteiger partial charge in [0.05, 0.1) is 60.8 Å². The molecule has 0 spiro atoms. The van der Waals surface area contributed by atoms with E-state index < -0.39 is 71.0 Å². The molecular formula is C62H82Cl2N14O8. The average Bonchev–Trinajstić information content (AvgIpc) is 1.74. The van der Waals surface area contributed by atoms with Crippen molar-refractivity contribution in [2.24, 2.45) is 10.8 Å². The Labute approximate surface area is 515 Å². The Kier molecular flexibility index (Phi) is 22.6. The lowest BCUT2D eigenvalue weighted by Gasteiger charge is -2.36. The zero-order valence-corrected chi connectivity index (χ0v) is 52.5. The molecule has 6 amide bonds. The van der Waals surface area contributed by atoms with Crippen LogP contribution in [0.2, 0.25) is 0 Å². The molecule has 0 bridgehead atoms. The lowest BCUT2D eigenvalue weighted by molar-refractivity contribution is -0.143. The molecule has 2 fully saturated rings. The summed E-state index contributed by atoms with van der Waals surface area (Å²) in [5.41, 5.74) is 2.14. The summed E-state index contributed by atoms with van der Waals surface area (Å²) in [6.45, 7) is 15.4. The number of rotatable bonds is 21. The molecule has 2 aliphatic heterocycles. The smallest absolute Gasteiger partial charge is 0.247 e. The van der Waals surface area contributed by atoms with E-state index in [9.17, 15) is 28.8 Å². The van der Waals surface area contributed by atoms with Gasteiger partial charge in [-0.1, -0.05) is 102 Å². The van der Waals surface area contributed by atoms with E-state index in [1.54, 1.807) is 62.0 Å². The van der Waals surface area contributed by atoms with Gasteiger partial charge in [-0.25, -0.2) is 19.9 Å². The van der Waals surface area contributed by atoms with Crippen molar-refractivity contribution in [3.8, 4) is 11.5 Å². The predicted octanol–water partition coefficient (Wildman–Crippen LogP) is 7.58. The molecule has 2 aromatic heterocycles. The molecule has 6 aromatic rings. The summed E-state index contributed by atoms with van der Waals surface area (Å²) in [7, 11) is 6.35. The number of amides is 6. The third-order valence-corrected chi connectivity index (χ3v) is 15.8. The van der Waals surface area contributed by atoms with Gasteiger partial charge in [0.15, 0.2) is 0 Å². The Morgan fingerprint density at radius 1 is 0.547 bits per heavy atom. The molecule has 8 atom stereocenters. The maximum atomic E-state index is 14.5. The summed E-state index contributed by atoms with van der Waals surface area (Å²) in [6, 6.07) is 21.0. The molecular weight excluding hydrogens is 1140 g/mol. The number of carbonyl (C=O) groups is 6. The third-order valence-electron chi connectivity index (χ3n) is 15.8. The summed E-state index contributed by atoms with van der Waals surface area (Å²) < 4.78 is 11.7. The second-order valence-electron chi connectivity index (χ2n) is 23.6. The lowest BCUT2D eigenvalue weighted by atomic mass is 9.85. The van der Waals surface area contributed by atoms with E-state index in [4.69, 9.17) is 19.4 Å². The van der Waals surface area contributed by atoms with E-state index in [1.807, 2.05) is 102 Å². The van der Waals surface area contributed by atoms with Gasteiger partial charge in [-0.15, -0.1) is 24.8 Å². The maximum absolute atomic E-state index is 14.5. The van der Waals surface area contributed by atoms with E-state index in [-0.39, 0.29) is 48.4 Å². The van der Waals surface area contributed by atoms with Crippen molar-refractivity contribution in [3.63, 3.8) is 0 Å². The second kappa shape index (κ2) is 29.0. The first-order chi connectivity index (χ1) is 40.1. The summed E-state index contributed by atoms with van der Waals surface area (Å²) >= 11 is 0. The number of fused-ring (bicyclic) bond motifs is 2. The van der Waals surface area contributed by atoms with Crippen LogP contribution in [0, 0.1) is 10.8 Å². The van der Waals surface area contributed by atoms with Crippen LogP contribution >= 0.6 is 24.8 Å². The van der Waals surface area contributed by atoms with Gasteiger partial charge in [-0.3, -0.25) is 28.8 Å². The van der Waals surface area contributed by atoms with Crippen molar-refractivity contribution in [2.75, 3.05) is 62.7 Å². The number of benzene rings is 4. The van der Waals surface area contributed by atoms with Crippen molar-refractivity contribution in [2.45, 2.75) is 129 Å². The maximum Gasteiger partial charge on any atom is 0.247 e. The van der Waals surface area contributed by atoms with E-state index >= 15 is 0 Å². The van der Waals surface area contributed by atoms with Crippen LogP contribution in [0.4, 0.5) is 23.0 Å². The van der Waals surface area contributed by atoms with Crippen LogP contribution in [0.25, 0.3) is 21.8 Å². The van der Waals surface area contributed by atoms with E-state index in [0.29, 0.717) is 95.1 Å². The summed E-state index contributed by atoms with van der Waals surface area (Å²) in [5.74, 6) is -0.615. The van der Waals surface area contributed by atoms with Crippen molar-refractivity contribution in [1.29, 1.82) is 0 Å².